The van der Waals surface area contributed by atoms with Gasteiger partial charge in [0.05, 0.1) is 12.7 Å². The summed E-state index contributed by atoms with van der Waals surface area (Å²) in [5.74, 6) is 0.122. The molecule has 0 spiro atoms. The molecule has 1 fully saturated rings. The number of carbonyl (C=O) groups is 1. The second-order valence-corrected chi connectivity index (χ2v) is 7.68. The first-order valence-electron chi connectivity index (χ1n) is 10.2. The molecular weight excluding hydrogens is 425 g/mol. The third-order valence-electron chi connectivity index (χ3n) is 5.74. The molecule has 0 aliphatic carbocycles. The van der Waals surface area contributed by atoms with Crippen LogP contribution in [0.15, 0.2) is 42.7 Å². The number of H-pyrrole nitrogens is 1. The van der Waals surface area contributed by atoms with Crippen LogP contribution in [0.2, 0.25) is 0 Å². The minimum atomic E-state index is -4.43. The van der Waals surface area contributed by atoms with Gasteiger partial charge in [-0.1, -0.05) is 0 Å². The number of pyridine rings is 1. The predicted octanol–water partition coefficient (Wildman–Crippen LogP) is 3.93. The summed E-state index contributed by atoms with van der Waals surface area (Å²) in [6.45, 7) is 1.98. The van der Waals surface area contributed by atoms with Crippen LogP contribution >= 0.6 is 0 Å². The topological polar surface area (TPSA) is 81.7 Å². The molecule has 0 unspecified atom stereocenters. The van der Waals surface area contributed by atoms with Gasteiger partial charge in [0.15, 0.2) is 0 Å². The van der Waals surface area contributed by atoms with E-state index in [1.165, 1.54) is 6.07 Å². The van der Waals surface area contributed by atoms with Crippen molar-refractivity contribution >= 4 is 22.7 Å². The highest BCUT2D eigenvalue weighted by atomic mass is 19.4. The molecule has 7 nitrogen and oxygen atoms in total. The summed E-state index contributed by atoms with van der Waals surface area (Å²) in [5.41, 5.74) is 0.670. The van der Waals surface area contributed by atoms with Crippen molar-refractivity contribution < 1.29 is 27.8 Å². The summed E-state index contributed by atoms with van der Waals surface area (Å²) in [4.78, 5) is 23.1. The average Bonchev–Trinajstić information content (AvgIpc) is 3.01. The summed E-state index contributed by atoms with van der Waals surface area (Å²) >= 11 is 0. The summed E-state index contributed by atoms with van der Waals surface area (Å²) in [5, 5.41) is 10.8. The van der Waals surface area contributed by atoms with Gasteiger partial charge in [-0.2, -0.15) is 13.2 Å². The highest BCUT2D eigenvalue weighted by Gasteiger charge is 2.33. The number of alkyl halides is 3. The van der Waals surface area contributed by atoms with Crippen molar-refractivity contribution in [2.45, 2.75) is 18.6 Å². The number of fused-ring (bicyclic) bond motifs is 1. The number of carboxylic acid groups (broad SMARTS) is 1. The van der Waals surface area contributed by atoms with Crippen LogP contribution in [0.3, 0.4) is 0 Å². The number of aliphatic carboxylic acids is 1. The van der Waals surface area contributed by atoms with E-state index in [4.69, 9.17) is 4.74 Å². The highest BCUT2D eigenvalue weighted by Crippen LogP contribution is 2.33. The number of benzene rings is 1. The van der Waals surface area contributed by atoms with Crippen LogP contribution in [0, 0.1) is 0 Å². The number of aromatic nitrogens is 2. The Morgan fingerprint density at radius 2 is 2.00 bits per heavy atom. The van der Waals surface area contributed by atoms with Crippen molar-refractivity contribution in [1.29, 1.82) is 0 Å². The standard InChI is InChI=1S/C22H23F3N4O3/c1-32-15-4-5-18-16(11-15)17(13-26-18)20(21(30)31)29-8-2-7-28(9-10-29)19-6-3-14(12-27-19)22(23,24)25/h3-6,11-13,20,26H,2,7-10H2,1H3,(H,30,31)/t20-/m0/s1. The van der Waals surface area contributed by atoms with E-state index >= 15 is 0 Å². The molecule has 1 aliphatic rings. The Balaban J connectivity index is 1.55. The maximum Gasteiger partial charge on any atom is 0.417 e. The van der Waals surface area contributed by atoms with E-state index in [0.29, 0.717) is 49.7 Å². The molecule has 10 heteroatoms. The molecule has 2 N–H and O–H groups in total. The number of halogens is 3. The molecule has 1 saturated heterocycles. The Kier molecular flexibility index (Phi) is 5.96. The van der Waals surface area contributed by atoms with Gasteiger partial charge in [0, 0.05) is 55.0 Å². The van der Waals surface area contributed by atoms with Gasteiger partial charge in [0.2, 0.25) is 0 Å². The molecule has 0 saturated carbocycles. The summed E-state index contributed by atoms with van der Waals surface area (Å²) in [6, 6.07) is 6.98. The molecule has 170 valence electrons. The van der Waals surface area contributed by atoms with Gasteiger partial charge in [-0.15, -0.1) is 0 Å². The van der Waals surface area contributed by atoms with Crippen molar-refractivity contribution in [2.75, 3.05) is 38.2 Å². The molecule has 32 heavy (non-hydrogen) atoms. The van der Waals surface area contributed by atoms with Crippen LogP contribution in [0.5, 0.6) is 5.75 Å². The number of aromatic amines is 1. The number of carboxylic acids is 1. The molecule has 0 bridgehead atoms. The zero-order valence-electron chi connectivity index (χ0n) is 17.4. The second kappa shape index (κ2) is 8.70. The van der Waals surface area contributed by atoms with Crippen LogP contribution in [0.4, 0.5) is 19.0 Å². The number of nitrogens with one attached hydrogen (secondary N) is 1. The fourth-order valence-corrected chi connectivity index (χ4v) is 4.13. The third kappa shape index (κ3) is 4.36. The van der Waals surface area contributed by atoms with E-state index in [0.717, 1.165) is 23.2 Å². The van der Waals surface area contributed by atoms with Gasteiger partial charge in [-0.3, -0.25) is 9.69 Å². The van der Waals surface area contributed by atoms with Crippen LogP contribution in [0.1, 0.15) is 23.6 Å². The Bertz CT molecular complexity index is 1100. The van der Waals surface area contributed by atoms with Gasteiger partial charge >= 0.3 is 12.1 Å². The van der Waals surface area contributed by atoms with Gasteiger partial charge < -0.3 is 19.7 Å². The fourth-order valence-electron chi connectivity index (χ4n) is 4.13. The molecular formula is C22H23F3N4O3. The van der Waals surface area contributed by atoms with Crippen molar-refractivity contribution in [3.63, 3.8) is 0 Å². The highest BCUT2D eigenvalue weighted by molar-refractivity contribution is 5.90. The Morgan fingerprint density at radius 1 is 1.19 bits per heavy atom. The lowest BCUT2D eigenvalue weighted by atomic mass is 10.0. The van der Waals surface area contributed by atoms with Gasteiger partial charge in [-0.05, 0) is 36.8 Å². The molecule has 4 rings (SSSR count). The van der Waals surface area contributed by atoms with Crippen LogP contribution < -0.4 is 9.64 Å². The molecule has 1 atom stereocenters. The monoisotopic (exact) mass is 448 g/mol. The van der Waals surface area contributed by atoms with Gasteiger partial charge in [0.25, 0.3) is 0 Å². The molecule has 0 amide bonds. The first kappa shape index (κ1) is 21.9. The van der Waals surface area contributed by atoms with E-state index in [2.05, 4.69) is 9.97 Å². The largest absolute Gasteiger partial charge is 0.497 e. The fraction of sp³-hybridized carbons (Fsp3) is 0.364. The summed E-state index contributed by atoms with van der Waals surface area (Å²) < 4.78 is 43.7. The van der Waals surface area contributed by atoms with Gasteiger partial charge in [0.1, 0.15) is 17.6 Å². The maximum absolute atomic E-state index is 12.8. The molecule has 2 aromatic heterocycles. The van der Waals surface area contributed by atoms with Gasteiger partial charge in [-0.25, -0.2) is 4.98 Å². The lowest BCUT2D eigenvalue weighted by molar-refractivity contribution is -0.143. The van der Waals surface area contributed by atoms with E-state index < -0.39 is 23.8 Å². The first-order chi connectivity index (χ1) is 15.3. The second-order valence-electron chi connectivity index (χ2n) is 7.68. The molecule has 0 radical (unpaired) electrons. The molecule has 1 aliphatic heterocycles. The molecule has 3 aromatic rings. The van der Waals surface area contributed by atoms with Crippen molar-refractivity contribution in [3.05, 3.63) is 53.9 Å². The van der Waals surface area contributed by atoms with Crippen molar-refractivity contribution in [2.24, 2.45) is 0 Å². The van der Waals surface area contributed by atoms with Crippen molar-refractivity contribution in [3.8, 4) is 5.75 Å². The normalized spacial score (nSPS) is 16.7. The first-order valence-corrected chi connectivity index (χ1v) is 10.2. The summed E-state index contributed by atoms with van der Waals surface area (Å²) in [7, 11) is 1.56. The zero-order chi connectivity index (χ0) is 22.9. The predicted molar refractivity (Wildman–Crippen MR) is 113 cm³/mol. The summed E-state index contributed by atoms with van der Waals surface area (Å²) in [6.07, 6.45) is -1.24. The van der Waals surface area contributed by atoms with Crippen LogP contribution in [0.25, 0.3) is 10.9 Å². The zero-order valence-corrected chi connectivity index (χ0v) is 17.4. The Hall–Kier alpha value is -3.27. The SMILES string of the molecule is COc1ccc2[nH]cc([C@@H](C(=O)O)N3CCCN(c4ccc(C(F)(F)F)cn4)CC3)c2c1. The third-order valence-corrected chi connectivity index (χ3v) is 5.74. The van der Waals surface area contributed by atoms with Crippen molar-refractivity contribution in [1.82, 2.24) is 14.9 Å². The minimum Gasteiger partial charge on any atom is -0.497 e. The Morgan fingerprint density at radius 3 is 2.66 bits per heavy atom. The Labute approximate surface area is 182 Å². The quantitative estimate of drug-likeness (QED) is 0.616. The van der Waals surface area contributed by atoms with E-state index in [1.54, 1.807) is 19.4 Å². The lowest BCUT2D eigenvalue weighted by Crippen LogP contribution is -2.37. The molecule has 1 aromatic carbocycles. The number of methoxy groups -OCH3 is 1. The molecule has 3 heterocycles. The number of nitrogens with zero attached hydrogens (tertiary/aromatic N) is 3. The van der Waals surface area contributed by atoms with E-state index in [1.807, 2.05) is 21.9 Å². The van der Waals surface area contributed by atoms with Crippen LogP contribution in [-0.2, 0) is 11.0 Å². The average molecular weight is 448 g/mol. The number of rotatable bonds is 5. The number of anilines is 1. The number of hydrogen-bond acceptors (Lipinski definition) is 5. The lowest BCUT2D eigenvalue weighted by Gasteiger charge is -2.27. The number of ether oxygens (including phenoxy) is 1. The number of hydrogen-bond donors (Lipinski definition) is 2. The maximum atomic E-state index is 12.8. The smallest absolute Gasteiger partial charge is 0.417 e. The van der Waals surface area contributed by atoms with E-state index in [-0.39, 0.29) is 0 Å². The van der Waals surface area contributed by atoms with E-state index in [9.17, 15) is 23.1 Å². The van der Waals surface area contributed by atoms with Crippen LogP contribution in [-0.4, -0.2) is 59.2 Å². The minimum absolute atomic E-state index is 0.427.